The number of nitrogens with zero attached hydrogens (tertiary/aromatic N) is 2. The minimum atomic E-state index is -1.06. The summed E-state index contributed by atoms with van der Waals surface area (Å²) in [5.74, 6) is -0.845. The zero-order valence-electron chi connectivity index (χ0n) is 17.4. The van der Waals surface area contributed by atoms with E-state index in [9.17, 15) is 19.4 Å². The summed E-state index contributed by atoms with van der Waals surface area (Å²) in [6.45, 7) is 1.72. The van der Waals surface area contributed by atoms with Gasteiger partial charge in [-0.2, -0.15) is 5.26 Å². The van der Waals surface area contributed by atoms with Crippen molar-refractivity contribution >= 4 is 28.1 Å². The molecule has 5 N–H and O–H groups in total. The fourth-order valence-electron chi connectivity index (χ4n) is 3.10. The van der Waals surface area contributed by atoms with Gasteiger partial charge in [-0.3, -0.25) is 4.79 Å². The Morgan fingerprint density at radius 1 is 1.34 bits per heavy atom. The van der Waals surface area contributed by atoms with Crippen LogP contribution in [0, 0.1) is 17.1 Å². The summed E-state index contributed by atoms with van der Waals surface area (Å²) in [6.07, 6.45) is -0.393. The lowest BCUT2D eigenvalue weighted by Crippen LogP contribution is -2.11. The number of aromatic nitrogens is 1. The van der Waals surface area contributed by atoms with Crippen LogP contribution < -0.4 is 11.1 Å². The number of carbonyl (C=O) groups excluding carboxylic acids is 1. The highest BCUT2D eigenvalue weighted by molar-refractivity contribution is 7.19. The van der Waals surface area contributed by atoms with Crippen molar-refractivity contribution in [1.82, 2.24) is 4.98 Å². The summed E-state index contributed by atoms with van der Waals surface area (Å²) >= 11 is 1.17. The van der Waals surface area contributed by atoms with Gasteiger partial charge in [-0.05, 0) is 42.7 Å². The topological polar surface area (TPSA) is 132 Å². The molecule has 0 radical (unpaired) electrons. The van der Waals surface area contributed by atoms with Crippen molar-refractivity contribution in [3.05, 3.63) is 65.1 Å². The van der Waals surface area contributed by atoms with E-state index >= 15 is 0 Å². The van der Waals surface area contributed by atoms with Gasteiger partial charge in [-0.25, -0.2) is 9.37 Å². The maximum absolute atomic E-state index is 14.8. The molecule has 0 aliphatic carbocycles. The van der Waals surface area contributed by atoms with Gasteiger partial charge in [0.05, 0.1) is 11.6 Å². The van der Waals surface area contributed by atoms with Crippen LogP contribution in [0.15, 0.2) is 42.5 Å². The third-order valence-corrected chi connectivity index (χ3v) is 6.05. The maximum atomic E-state index is 14.8. The number of anilines is 2. The van der Waals surface area contributed by atoms with Crippen LogP contribution in [-0.2, 0) is 6.42 Å². The van der Waals surface area contributed by atoms with Crippen LogP contribution >= 0.6 is 11.3 Å². The number of pyridine rings is 1. The van der Waals surface area contributed by atoms with E-state index in [1.165, 1.54) is 23.5 Å². The van der Waals surface area contributed by atoms with E-state index in [4.69, 9.17) is 11.0 Å². The quantitative estimate of drug-likeness (QED) is 0.365. The number of nitrogens with two attached hydrogens (primary N) is 1. The van der Waals surface area contributed by atoms with E-state index in [-0.39, 0.29) is 24.5 Å². The molecule has 2 unspecified atom stereocenters. The molecule has 2 aromatic heterocycles. The molecular weight excluding hydrogens is 431 g/mol. The van der Waals surface area contributed by atoms with E-state index in [1.54, 1.807) is 43.3 Å². The van der Waals surface area contributed by atoms with Gasteiger partial charge in [0.1, 0.15) is 22.7 Å². The Labute approximate surface area is 189 Å². The summed E-state index contributed by atoms with van der Waals surface area (Å²) in [5, 5.41) is 30.9. The summed E-state index contributed by atoms with van der Waals surface area (Å²) in [7, 11) is 0. The Kier molecular flexibility index (Phi) is 7.53. The monoisotopic (exact) mass is 454 g/mol. The number of rotatable bonds is 9. The van der Waals surface area contributed by atoms with Crippen LogP contribution in [0.5, 0.6) is 0 Å². The standard InChI is InChI=1S/C23H23FN4O3S/c1-13(12-29)14-5-8-17(19(24)9-14)20-10-18(22(26)31)23(32-20)28-21-4-2-3-15(27-21)6-7-16(30)11-25/h2-5,8-10,13,16,29-30H,6-7,12H2,1H3,(H2,26,31)(H,27,28). The lowest BCUT2D eigenvalue weighted by Gasteiger charge is -2.10. The number of amides is 1. The first-order valence-electron chi connectivity index (χ1n) is 9.97. The molecule has 2 heterocycles. The Bertz CT molecular complexity index is 1160. The molecular formula is C23H23FN4O3S. The number of benzene rings is 1. The number of nitriles is 1. The molecule has 0 bridgehead atoms. The maximum Gasteiger partial charge on any atom is 0.251 e. The number of hydrogen-bond acceptors (Lipinski definition) is 7. The number of aliphatic hydroxyl groups excluding tert-OH is 2. The van der Waals surface area contributed by atoms with Crippen molar-refractivity contribution in [2.45, 2.75) is 31.8 Å². The predicted molar refractivity (Wildman–Crippen MR) is 121 cm³/mol. The molecule has 32 heavy (non-hydrogen) atoms. The number of thiophene rings is 1. The first-order valence-corrected chi connectivity index (χ1v) is 10.8. The molecule has 0 saturated heterocycles. The molecule has 0 aliphatic heterocycles. The zero-order chi connectivity index (χ0) is 23.3. The van der Waals surface area contributed by atoms with Gasteiger partial charge in [-0.1, -0.05) is 25.1 Å². The zero-order valence-corrected chi connectivity index (χ0v) is 18.2. The SMILES string of the molecule is CC(CO)c1ccc(-c2cc(C(N)=O)c(Nc3cccc(CCC(O)C#N)n3)s2)c(F)c1. The third kappa shape index (κ3) is 5.48. The Hall–Kier alpha value is -3.32. The number of halogens is 1. The molecule has 1 aromatic carbocycles. The number of aryl methyl sites for hydroxylation is 1. The summed E-state index contributed by atoms with van der Waals surface area (Å²) in [5.41, 5.74) is 7.42. The van der Waals surface area contributed by atoms with E-state index in [0.29, 0.717) is 38.9 Å². The second-order valence-electron chi connectivity index (χ2n) is 7.36. The Morgan fingerprint density at radius 2 is 2.12 bits per heavy atom. The molecule has 0 aliphatic rings. The van der Waals surface area contributed by atoms with Gasteiger partial charge in [0.15, 0.2) is 0 Å². The highest BCUT2D eigenvalue weighted by Crippen LogP contribution is 2.38. The number of hydrogen-bond donors (Lipinski definition) is 4. The summed E-state index contributed by atoms with van der Waals surface area (Å²) in [4.78, 5) is 17.0. The van der Waals surface area contributed by atoms with Crippen LogP contribution in [0.4, 0.5) is 15.2 Å². The van der Waals surface area contributed by atoms with E-state index < -0.39 is 17.8 Å². The van der Waals surface area contributed by atoms with Crippen LogP contribution in [0.2, 0.25) is 0 Å². The molecule has 2 atom stereocenters. The van der Waals surface area contributed by atoms with Gasteiger partial charge in [0, 0.05) is 28.7 Å². The largest absolute Gasteiger partial charge is 0.396 e. The second kappa shape index (κ2) is 10.3. The number of primary amides is 1. The van der Waals surface area contributed by atoms with Crippen LogP contribution in [-0.4, -0.2) is 33.8 Å². The van der Waals surface area contributed by atoms with Gasteiger partial charge in [-0.15, -0.1) is 11.3 Å². The van der Waals surface area contributed by atoms with Crippen LogP contribution in [0.25, 0.3) is 10.4 Å². The molecule has 0 fully saturated rings. The lowest BCUT2D eigenvalue weighted by molar-refractivity contribution is 0.100. The Balaban J connectivity index is 1.88. The predicted octanol–water partition coefficient (Wildman–Crippen LogP) is 3.70. The van der Waals surface area contributed by atoms with Crippen LogP contribution in [0.1, 0.15) is 40.9 Å². The second-order valence-corrected chi connectivity index (χ2v) is 8.42. The van der Waals surface area contributed by atoms with Crippen molar-refractivity contribution < 1.29 is 19.4 Å². The molecule has 9 heteroatoms. The van der Waals surface area contributed by atoms with Gasteiger partial charge < -0.3 is 21.3 Å². The van der Waals surface area contributed by atoms with Gasteiger partial charge in [0.2, 0.25) is 0 Å². The average Bonchev–Trinajstić information content (AvgIpc) is 3.20. The van der Waals surface area contributed by atoms with Crippen molar-refractivity contribution in [2.75, 3.05) is 11.9 Å². The van der Waals surface area contributed by atoms with Crippen molar-refractivity contribution in [3.8, 4) is 16.5 Å². The molecule has 166 valence electrons. The van der Waals surface area contributed by atoms with Gasteiger partial charge >= 0.3 is 0 Å². The number of nitrogens with one attached hydrogen (secondary N) is 1. The number of carbonyl (C=O) groups is 1. The molecule has 0 saturated carbocycles. The van der Waals surface area contributed by atoms with E-state index in [0.717, 1.165) is 0 Å². The van der Waals surface area contributed by atoms with Crippen molar-refractivity contribution in [1.29, 1.82) is 5.26 Å². The van der Waals surface area contributed by atoms with Crippen molar-refractivity contribution in [3.63, 3.8) is 0 Å². The van der Waals surface area contributed by atoms with E-state index in [2.05, 4.69) is 10.3 Å². The fourth-order valence-corrected chi connectivity index (χ4v) is 4.19. The first kappa shape index (κ1) is 23.3. The summed E-state index contributed by atoms with van der Waals surface area (Å²) in [6, 6.07) is 13.3. The Morgan fingerprint density at radius 3 is 2.78 bits per heavy atom. The number of aliphatic hydroxyl groups is 2. The summed E-state index contributed by atoms with van der Waals surface area (Å²) < 4.78 is 14.8. The smallest absolute Gasteiger partial charge is 0.251 e. The highest BCUT2D eigenvalue weighted by atomic mass is 32.1. The van der Waals surface area contributed by atoms with Crippen LogP contribution in [0.3, 0.4) is 0 Å². The first-order chi connectivity index (χ1) is 15.3. The average molecular weight is 455 g/mol. The lowest BCUT2D eigenvalue weighted by atomic mass is 9.99. The third-order valence-electron chi connectivity index (χ3n) is 4.97. The normalized spacial score (nSPS) is 12.7. The molecule has 1 amide bonds. The molecule has 7 nitrogen and oxygen atoms in total. The highest BCUT2D eigenvalue weighted by Gasteiger charge is 2.18. The van der Waals surface area contributed by atoms with E-state index in [1.807, 2.05) is 0 Å². The van der Waals surface area contributed by atoms with Gasteiger partial charge in [0.25, 0.3) is 5.91 Å². The minimum absolute atomic E-state index is 0.0841. The molecule has 0 spiro atoms. The van der Waals surface area contributed by atoms with Crippen molar-refractivity contribution in [2.24, 2.45) is 5.73 Å². The fraction of sp³-hybridized carbons (Fsp3) is 0.261. The molecule has 3 aromatic rings. The molecule has 3 rings (SSSR count). The minimum Gasteiger partial charge on any atom is -0.396 e.